The summed E-state index contributed by atoms with van der Waals surface area (Å²) in [6.07, 6.45) is 2.73. The lowest BCUT2D eigenvalue weighted by Crippen LogP contribution is -2.11. The van der Waals surface area contributed by atoms with Crippen molar-refractivity contribution in [2.24, 2.45) is 0 Å². The van der Waals surface area contributed by atoms with E-state index in [0.717, 1.165) is 0 Å². The Bertz CT molecular complexity index is 269. The Morgan fingerprint density at radius 1 is 1.83 bits per heavy atom. The molecule has 1 aromatic rings. The van der Waals surface area contributed by atoms with E-state index in [0.29, 0.717) is 6.61 Å². The smallest absolute Gasteiger partial charge is 0.325 e. The van der Waals surface area contributed by atoms with Crippen LogP contribution in [0.25, 0.3) is 0 Å². The Hall–Kier alpha value is -1.52. The number of aromatic hydroxyl groups is 1. The van der Waals surface area contributed by atoms with Gasteiger partial charge < -0.3 is 14.4 Å². The molecule has 0 unspecified atom stereocenters. The molecule has 1 rings (SSSR count). The van der Waals surface area contributed by atoms with Crippen molar-refractivity contribution in [2.75, 3.05) is 6.61 Å². The first-order valence-corrected chi connectivity index (χ1v) is 3.58. The summed E-state index contributed by atoms with van der Waals surface area (Å²) < 4.78 is 6.14. The fourth-order valence-electron chi connectivity index (χ4n) is 0.790. The molecular formula is C7H10N2O3. The lowest BCUT2D eigenvalue weighted by Gasteiger charge is -2.00. The Labute approximate surface area is 69.6 Å². The van der Waals surface area contributed by atoms with Crippen LogP contribution in [0.1, 0.15) is 6.92 Å². The van der Waals surface area contributed by atoms with Crippen LogP contribution in [-0.4, -0.2) is 27.2 Å². The van der Waals surface area contributed by atoms with Crippen LogP contribution in [0, 0.1) is 0 Å². The van der Waals surface area contributed by atoms with E-state index in [2.05, 4.69) is 9.72 Å². The van der Waals surface area contributed by atoms with Gasteiger partial charge in [0.05, 0.1) is 19.1 Å². The highest BCUT2D eigenvalue weighted by Gasteiger charge is 2.03. The van der Waals surface area contributed by atoms with Gasteiger partial charge in [0.1, 0.15) is 6.54 Å². The van der Waals surface area contributed by atoms with Gasteiger partial charge in [-0.15, -0.1) is 0 Å². The molecule has 0 aliphatic rings. The normalized spacial score (nSPS) is 9.75. The molecule has 12 heavy (non-hydrogen) atoms. The lowest BCUT2D eigenvalue weighted by atomic mass is 10.6. The molecule has 0 atom stereocenters. The van der Waals surface area contributed by atoms with Gasteiger partial charge in [0.25, 0.3) is 0 Å². The molecular weight excluding hydrogens is 160 g/mol. The summed E-state index contributed by atoms with van der Waals surface area (Å²) >= 11 is 0. The maximum atomic E-state index is 10.9. The molecule has 0 aliphatic heterocycles. The van der Waals surface area contributed by atoms with Crippen LogP contribution < -0.4 is 0 Å². The number of esters is 1. The third-order valence-electron chi connectivity index (χ3n) is 1.24. The fraction of sp³-hybridized carbons (Fsp3) is 0.429. The Morgan fingerprint density at radius 2 is 2.58 bits per heavy atom. The van der Waals surface area contributed by atoms with Crippen LogP contribution in [0.2, 0.25) is 0 Å². The van der Waals surface area contributed by atoms with Gasteiger partial charge in [-0.2, -0.15) is 0 Å². The average molecular weight is 170 g/mol. The summed E-state index contributed by atoms with van der Waals surface area (Å²) in [5.74, 6) is -0.436. The van der Waals surface area contributed by atoms with E-state index in [4.69, 9.17) is 5.11 Å². The summed E-state index contributed by atoms with van der Waals surface area (Å²) in [6.45, 7) is 2.18. The van der Waals surface area contributed by atoms with Crippen molar-refractivity contribution >= 4 is 5.97 Å². The van der Waals surface area contributed by atoms with Gasteiger partial charge in [-0.05, 0) is 6.92 Å². The minimum atomic E-state index is -0.338. The minimum Gasteiger partial charge on any atom is -0.492 e. The van der Waals surface area contributed by atoms with E-state index >= 15 is 0 Å². The molecule has 1 aromatic heterocycles. The number of carbonyl (C=O) groups excluding carboxylic acids is 1. The van der Waals surface area contributed by atoms with Gasteiger partial charge in [-0.1, -0.05) is 0 Å². The largest absolute Gasteiger partial charge is 0.492 e. The summed E-state index contributed by atoms with van der Waals surface area (Å²) in [4.78, 5) is 14.4. The summed E-state index contributed by atoms with van der Waals surface area (Å²) in [6, 6.07) is 0. The van der Waals surface area contributed by atoms with Gasteiger partial charge in [0.2, 0.25) is 5.88 Å². The number of hydrogen-bond acceptors (Lipinski definition) is 4. The Morgan fingerprint density at radius 3 is 3.08 bits per heavy atom. The van der Waals surface area contributed by atoms with E-state index in [1.54, 1.807) is 6.92 Å². The van der Waals surface area contributed by atoms with Crippen molar-refractivity contribution in [3.05, 3.63) is 12.5 Å². The number of carbonyl (C=O) groups is 1. The molecule has 0 saturated carbocycles. The molecule has 0 aromatic carbocycles. The number of nitrogens with zero attached hydrogens (tertiary/aromatic N) is 2. The maximum absolute atomic E-state index is 10.9. The lowest BCUT2D eigenvalue weighted by molar-refractivity contribution is -0.143. The molecule has 0 amide bonds. The van der Waals surface area contributed by atoms with E-state index in [1.807, 2.05) is 0 Å². The minimum absolute atomic E-state index is 0.0847. The zero-order valence-electron chi connectivity index (χ0n) is 6.73. The number of imidazole rings is 1. The summed E-state index contributed by atoms with van der Waals surface area (Å²) in [7, 11) is 0. The monoisotopic (exact) mass is 170 g/mol. The van der Waals surface area contributed by atoms with Crippen molar-refractivity contribution in [2.45, 2.75) is 13.5 Å². The second-order valence-electron chi connectivity index (χ2n) is 2.21. The molecule has 0 aliphatic carbocycles. The Balaban J connectivity index is 2.46. The molecule has 0 bridgehead atoms. The van der Waals surface area contributed by atoms with Crippen molar-refractivity contribution in [3.8, 4) is 5.88 Å². The van der Waals surface area contributed by atoms with E-state index < -0.39 is 0 Å². The van der Waals surface area contributed by atoms with Crippen LogP contribution >= 0.6 is 0 Å². The Kier molecular flexibility index (Phi) is 2.68. The molecule has 0 radical (unpaired) electrons. The quantitative estimate of drug-likeness (QED) is 0.656. The van der Waals surface area contributed by atoms with Crippen LogP contribution in [-0.2, 0) is 16.1 Å². The first-order valence-electron chi connectivity index (χ1n) is 3.58. The highest BCUT2D eigenvalue weighted by Crippen LogP contribution is 2.01. The fourth-order valence-corrected chi connectivity index (χ4v) is 0.790. The standard InChI is InChI=1S/C7H10N2O3/c1-2-12-7(11)4-9-3-6(10)8-5-9/h3,5,10H,2,4H2,1H3. The number of rotatable bonds is 3. The van der Waals surface area contributed by atoms with Crippen LogP contribution in [0.5, 0.6) is 5.88 Å². The third kappa shape index (κ3) is 2.26. The SMILES string of the molecule is CCOC(=O)Cn1cnc(O)c1. The molecule has 0 fully saturated rings. The van der Waals surface area contributed by atoms with Gasteiger partial charge in [-0.3, -0.25) is 4.79 Å². The van der Waals surface area contributed by atoms with E-state index in [-0.39, 0.29) is 18.4 Å². The van der Waals surface area contributed by atoms with Crippen molar-refractivity contribution in [3.63, 3.8) is 0 Å². The molecule has 0 saturated heterocycles. The molecule has 5 nitrogen and oxygen atoms in total. The summed E-state index contributed by atoms with van der Waals surface area (Å²) in [5.41, 5.74) is 0. The molecule has 5 heteroatoms. The van der Waals surface area contributed by atoms with Gasteiger partial charge in [0.15, 0.2) is 0 Å². The first kappa shape index (κ1) is 8.58. The molecule has 1 heterocycles. The van der Waals surface area contributed by atoms with Crippen LogP contribution in [0.15, 0.2) is 12.5 Å². The second-order valence-corrected chi connectivity index (χ2v) is 2.21. The molecule has 0 spiro atoms. The number of ether oxygens (including phenoxy) is 1. The topological polar surface area (TPSA) is 64.4 Å². The highest BCUT2D eigenvalue weighted by molar-refractivity contribution is 5.69. The predicted molar refractivity (Wildman–Crippen MR) is 40.5 cm³/mol. The maximum Gasteiger partial charge on any atom is 0.325 e. The zero-order chi connectivity index (χ0) is 8.97. The van der Waals surface area contributed by atoms with Crippen LogP contribution in [0.3, 0.4) is 0 Å². The van der Waals surface area contributed by atoms with Gasteiger partial charge >= 0.3 is 5.97 Å². The van der Waals surface area contributed by atoms with Crippen LogP contribution in [0.4, 0.5) is 0 Å². The zero-order valence-corrected chi connectivity index (χ0v) is 6.73. The number of hydrogen-bond donors (Lipinski definition) is 1. The third-order valence-corrected chi connectivity index (χ3v) is 1.24. The first-order chi connectivity index (χ1) is 5.72. The van der Waals surface area contributed by atoms with Gasteiger partial charge in [-0.25, -0.2) is 4.98 Å². The molecule has 1 N–H and O–H groups in total. The van der Waals surface area contributed by atoms with Crippen molar-refractivity contribution in [1.29, 1.82) is 0 Å². The second kappa shape index (κ2) is 3.75. The summed E-state index contributed by atoms with van der Waals surface area (Å²) in [5, 5.41) is 8.81. The number of aromatic nitrogens is 2. The van der Waals surface area contributed by atoms with Crippen molar-refractivity contribution < 1.29 is 14.6 Å². The van der Waals surface area contributed by atoms with Crippen molar-refractivity contribution in [1.82, 2.24) is 9.55 Å². The van der Waals surface area contributed by atoms with E-state index in [9.17, 15) is 4.79 Å². The predicted octanol–water partition coefficient (Wildman–Crippen LogP) is 0.152. The van der Waals surface area contributed by atoms with Gasteiger partial charge in [0, 0.05) is 0 Å². The highest BCUT2D eigenvalue weighted by atomic mass is 16.5. The average Bonchev–Trinajstić information content (AvgIpc) is 2.36. The molecule has 66 valence electrons. The van der Waals surface area contributed by atoms with E-state index in [1.165, 1.54) is 17.1 Å².